The minimum atomic E-state index is -0.975. The van der Waals surface area contributed by atoms with E-state index in [1.165, 1.54) is 0 Å². The van der Waals surface area contributed by atoms with Crippen molar-refractivity contribution in [3.8, 4) is 0 Å². The van der Waals surface area contributed by atoms with Crippen molar-refractivity contribution >= 4 is 11.6 Å². The standard InChI is InChI=1S/C15H17N3O2/c1-15(20,9-18-7-6-16-10-18)12-3-4-13-11(8-12)2-5-14(19)17-13/h3-4,6-8,10,20H,2,5,9H2,1H3,(H,17,19). The Balaban J connectivity index is 1.88. The van der Waals surface area contributed by atoms with Gasteiger partial charge in [-0.1, -0.05) is 12.1 Å². The first-order chi connectivity index (χ1) is 9.54. The van der Waals surface area contributed by atoms with E-state index in [9.17, 15) is 9.90 Å². The lowest BCUT2D eigenvalue weighted by Gasteiger charge is -2.26. The van der Waals surface area contributed by atoms with Gasteiger partial charge < -0.3 is 15.0 Å². The van der Waals surface area contributed by atoms with Crippen LogP contribution in [0, 0.1) is 0 Å². The summed E-state index contributed by atoms with van der Waals surface area (Å²) in [6.45, 7) is 2.23. The van der Waals surface area contributed by atoms with Crippen molar-refractivity contribution in [1.82, 2.24) is 9.55 Å². The van der Waals surface area contributed by atoms with Crippen LogP contribution in [0.5, 0.6) is 0 Å². The normalized spacial score (nSPS) is 17.2. The summed E-state index contributed by atoms with van der Waals surface area (Å²) < 4.78 is 1.85. The van der Waals surface area contributed by atoms with Crippen molar-refractivity contribution in [1.29, 1.82) is 0 Å². The third kappa shape index (κ3) is 2.44. The molecule has 1 aromatic heterocycles. The van der Waals surface area contributed by atoms with Gasteiger partial charge in [0.2, 0.25) is 5.91 Å². The van der Waals surface area contributed by atoms with Crippen LogP contribution >= 0.6 is 0 Å². The molecule has 3 rings (SSSR count). The van der Waals surface area contributed by atoms with Crippen LogP contribution in [0.4, 0.5) is 5.69 Å². The molecule has 0 bridgehead atoms. The Kier molecular flexibility index (Phi) is 3.06. The molecule has 1 atom stereocenters. The number of anilines is 1. The fourth-order valence-electron chi connectivity index (χ4n) is 2.55. The number of carbonyl (C=O) groups excluding carboxylic acids is 1. The summed E-state index contributed by atoms with van der Waals surface area (Å²) in [7, 11) is 0. The van der Waals surface area contributed by atoms with E-state index in [0.717, 1.165) is 23.2 Å². The predicted octanol–water partition coefficient (Wildman–Crippen LogP) is 1.68. The molecule has 5 nitrogen and oxygen atoms in total. The summed E-state index contributed by atoms with van der Waals surface area (Å²) in [5, 5.41) is 13.5. The largest absolute Gasteiger partial charge is 0.384 e. The van der Waals surface area contributed by atoms with Gasteiger partial charge in [-0.05, 0) is 30.5 Å². The first kappa shape index (κ1) is 12.9. The van der Waals surface area contributed by atoms with E-state index in [-0.39, 0.29) is 5.91 Å². The molecule has 0 saturated heterocycles. The Morgan fingerprint density at radius 1 is 1.45 bits per heavy atom. The maximum absolute atomic E-state index is 11.3. The predicted molar refractivity (Wildman–Crippen MR) is 75.2 cm³/mol. The summed E-state index contributed by atoms with van der Waals surface area (Å²) in [5.41, 5.74) is 1.80. The lowest BCUT2D eigenvalue weighted by atomic mass is 9.91. The number of hydrogen-bond acceptors (Lipinski definition) is 3. The number of hydrogen-bond donors (Lipinski definition) is 2. The van der Waals surface area contributed by atoms with Crippen molar-refractivity contribution in [2.75, 3.05) is 5.32 Å². The zero-order valence-corrected chi connectivity index (χ0v) is 11.3. The minimum Gasteiger partial charge on any atom is -0.384 e. The number of rotatable bonds is 3. The topological polar surface area (TPSA) is 67.1 Å². The van der Waals surface area contributed by atoms with E-state index in [0.29, 0.717) is 13.0 Å². The molecule has 2 aromatic rings. The molecule has 5 heteroatoms. The first-order valence-electron chi connectivity index (χ1n) is 6.66. The number of fused-ring (bicyclic) bond motifs is 1. The van der Waals surface area contributed by atoms with Gasteiger partial charge in [0.25, 0.3) is 0 Å². The van der Waals surface area contributed by atoms with Gasteiger partial charge in [-0.25, -0.2) is 4.98 Å². The third-order valence-corrected chi connectivity index (χ3v) is 3.67. The average Bonchev–Trinajstić information content (AvgIpc) is 2.90. The van der Waals surface area contributed by atoms with E-state index < -0.39 is 5.60 Å². The Morgan fingerprint density at radius 3 is 3.05 bits per heavy atom. The van der Waals surface area contributed by atoms with Gasteiger partial charge in [-0.3, -0.25) is 4.79 Å². The highest BCUT2D eigenvalue weighted by Crippen LogP contribution is 2.29. The molecule has 20 heavy (non-hydrogen) atoms. The second-order valence-corrected chi connectivity index (χ2v) is 5.43. The van der Waals surface area contributed by atoms with Gasteiger partial charge in [0.1, 0.15) is 5.60 Å². The zero-order chi connectivity index (χ0) is 14.2. The van der Waals surface area contributed by atoms with E-state index in [4.69, 9.17) is 0 Å². The van der Waals surface area contributed by atoms with E-state index in [1.54, 1.807) is 19.4 Å². The van der Waals surface area contributed by atoms with Crippen LogP contribution in [0.2, 0.25) is 0 Å². The van der Waals surface area contributed by atoms with Crippen molar-refractivity contribution < 1.29 is 9.90 Å². The molecule has 104 valence electrons. The number of nitrogens with one attached hydrogen (secondary N) is 1. The average molecular weight is 271 g/mol. The molecule has 0 fully saturated rings. The van der Waals surface area contributed by atoms with Gasteiger partial charge in [-0.15, -0.1) is 0 Å². The Labute approximate surface area is 117 Å². The molecule has 0 spiro atoms. The van der Waals surface area contributed by atoms with Crippen molar-refractivity contribution in [3.05, 3.63) is 48.0 Å². The highest BCUT2D eigenvalue weighted by atomic mass is 16.3. The Hall–Kier alpha value is -2.14. The number of carbonyl (C=O) groups is 1. The van der Waals surface area contributed by atoms with E-state index in [1.807, 2.05) is 29.0 Å². The number of benzene rings is 1. The number of nitrogens with zero attached hydrogens (tertiary/aromatic N) is 2. The van der Waals surface area contributed by atoms with Crippen LogP contribution in [0.15, 0.2) is 36.9 Å². The molecule has 2 heterocycles. The Bertz CT molecular complexity index is 633. The molecule has 1 aromatic carbocycles. The number of aryl methyl sites for hydroxylation is 1. The number of amides is 1. The fourth-order valence-corrected chi connectivity index (χ4v) is 2.55. The molecule has 1 amide bonds. The molecule has 2 N–H and O–H groups in total. The van der Waals surface area contributed by atoms with Crippen LogP contribution < -0.4 is 5.32 Å². The Morgan fingerprint density at radius 2 is 2.30 bits per heavy atom. The summed E-state index contributed by atoms with van der Waals surface area (Å²) in [6, 6.07) is 5.71. The zero-order valence-electron chi connectivity index (χ0n) is 11.3. The SMILES string of the molecule is CC(O)(Cn1ccnc1)c1ccc2c(c1)CCC(=O)N2. The molecular weight excluding hydrogens is 254 g/mol. The first-order valence-corrected chi connectivity index (χ1v) is 6.66. The van der Waals surface area contributed by atoms with Gasteiger partial charge >= 0.3 is 0 Å². The highest BCUT2D eigenvalue weighted by Gasteiger charge is 2.25. The highest BCUT2D eigenvalue weighted by molar-refractivity contribution is 5.93. The van der Waals surface area contributed by atoms with Crippen LogP contribution in [-0.2, 0) is 23.4 Å². The maximum Gasteiger partial charge on any atom is 0.224 e. The minimum absolute atomic E-state index is 0.0513. The summed E-state index contributed by atoms with van der Waals surface area (Å²) >= 11 is 0. The van der Waals surface area contributed by atoms with Gasteiger partial charge in [0, 0.05) is 24.5 Å². The third-order valence-electron chi connectivity index (χ3n) is 3.67. The summed E-state index contributed by atoms with van der Waals surface area (Å²) in [6.07, 6.45) is 6.43. The van der Waals surface area contributed by atoms with Crippen molar-refractivity contribution in [2.24, 2.45) is 0 Å². The quantitative estimate of drug-likeness (QED) is 0.892. The van der Waals surface area contributed by atoms with Crippen molar-refractivity contribution in [3.63, 3.8) is 0 Å². The van der Waals surface area contributed by atoms with Crippen LogP contribution in [0.25, 0.3) is 0 Å². The lowest BCUT2D eigenvalue weighted by Crippen LogP contribution is -2.28. The smallest absolute Gasteiger partial charge is 0.224 e. The van der Waals surface area contributed by atoms with Crippen LogP contribution in [0.3, 0.4) is 0 Å². The van der Waals surface area contributed by atoms with E-state index in [2.05, 4.69) is 10.3 Å². The second-order valence-electron chi connectivity index (χ2n) is 5.43. The summed E-state index contributed by atoms with van der Waals surface area (Å²) in [4.78, 5) is 15.3. The number of aliphatic hydroxyl groups is 1. The maximum atomic E-state index is 11.3. The van der Waals surface area contributed by atoms with Gasteiger partial charge in [0.05, 0.1) is 12.9 Å². The summed E-state index contributed by atoms with van der Waals surface area (Å²) in [5.74, 6) is 0.0513. The monoisotopic (exact) mass is 271 g/mol. The van der Waals surface area contributed by atoms with Crippen molar-refractivity contribution in [2.45, 2.75) is 31.9 Å². The molecular formula is C15H17N3O2. The van der Waals surface area contributed by atoms with E-state index >= 15 is 0 Å². The number of imidazole rings is 1. The number of aromatic nitrogens is 2. The fraction of sp³-hybridized carbons (Fsp3) is 0.333. The molecule has 1 aliphatic rings. The lowest BCUT2D eigenvalue weighted by molar-refractivity contribution is -0.116. The molecule has 0 saturated carbocycles. The molecule has 0 radical (unpaired) electrons. The van der Waals surface area contributed by atoms with Gasteiger partial charge in [0.15, 0.2) is 0 Å². The van der Waals surface area contributed by atoms with Crippen LogP contribution in [0.1, 0.15) is 24.5 Å². The molecule has 0 aliphatic carbocycles. The van der Waals surface area contributed by atoms with Crippen LogP contribution in [-0.4, -0.2) is 20.6 Å². The molecule has 1 unspecified atom stereocenters. The molecule has 1 aliphatic heterocycles. The van der Waals surface area contributed by atoms with Gasteiger partial charge in [-0.2, -0.15) is 0 Å². The second kappa shape index (κ2) is 4.76.